The number of alkyl halides is 1. The molecule has 0 bridgehead atoms. The number of thioether (sulfide) groups is 1. The monoisotopic (exact) mass is 512 g/mol. The van der Waals surface area contributed by atoms with Gasteiger partial charge in [-0.25, -0.2) is 9.37 Å². The van der Waals surface area contributed by atoms with Crippen LogP contribution in [-0.4, -0.2) is 63.6 Å². The van der Waals surface area contributed by atoms with E-state index in [4.69, 9.17) is 16.3 Å². The molecule has 0 saturated carbocycles. The third-order valence-electron chi connectivity index (χ3n) is 6.03. The number of carbonyl (C=O) groups is 1. The number of carbonyl (C=O) groups excluding carboxylic acids is 1. The van der Waals surface area contributed by atoms with E-state index >= 15 is 0 Å². The van der Waals surface area contributed by atoms with Crippen molar-refractivity contribution in [3.05, 3.63) is 29.8 Å². The smallest absolute Gasteiger partial charge is 0.263 e. The first-order chi connectivity index (χ1) is 16.0. The van der Waals surface area contributed by atoms with Crippen molar-refractivity contribution < 1.29 is 13.9 Å². The number of piperidine rings is 1. The predicted octanol–water partition coefficient (Wildman–Crippen LogP) is 5.17. The molecule has 3 heterocycles. The van der Waals surface area contributed by atoms with Crippen LogP contribution in [0.2, 0.25) is 0 Å². The molecule has 2 aromatic rings. The second-order valence-corrected chi connectivity index (χ2v) is 11.0. The summed E-state index contributed by atoms with van der Waals surface area (Å²) in [6.07, 6.45) is 2.61. The van der Waals surface area contributed by atoms with Crippen molar-refractivity contribution in [2.24, 2.45) is 0 Å². The number of anilines is 1. The highest BCUT2D eigenvalue weighted by atomic mass is 35.5. The van der Waals surface area contributed by atoms with Crippen LogP contribution in [0.1, 0.15) is 51.3 Å². The molecule has 2 saturated heterocycles. The van der Waals surface area contributed by atoms with E-state index in [2.05, 4.69) is 28.1 Å². The van der Waals surface area contributed by atoms with E-state index in [-0.39, 0.29) is 17.7 Å². The Labute approximate surface area is 208 Å². The quantitative estimate of drug-likeness (QED) is 0.262. The Morgan fingerprint density at radius 3 is 2.73 bits per heavy atom. The van der Waals surface area contributed by atoms with Gasteiger partial charge in [-0.2, -0.15) is 4.37 Å². The number of benzene rings is 1. The number of amides is 1. The molecule has 1 atom stereocenters. The van der Waals surface area contributed by atoms with Gasteiger partial charge in [-0.05, 0) is 43.2 Å². The Morgan fingerprint density at radius 1 is 1.27 bits per heavy atom. The SMILES string of the molecule is CC(C)c1nsc(N2CCC(N3CCC(Oc4ccc(SCCCCl)cc4F)C3=O)CC2)n1. The van der Waals surface area contributed by atoms with Crippen LogP contribution in [0, 0.1) is 5.82 Å². The molecule has 1 unspecified atom stereocenters. The van der Waals surface area contributed by atoms with Gasteiger partial charge in [-0.1, -0.05) is 13.8 Å². The number of likely N-dealkylation sites (tertiary alicyclic amines) is 1. The molecule has 0 radical (unpaired) electrons. The van der Waals surface area contributed by atoms with Crippen molar-refractivity contribution in [2.75, 3.05) is 36.2 Å². The van der Waals surface area contributed by atoms with Crippen molar-refractivity contribution in [3.63, 3.8) is 0 Å². The zero-order chi connectivity index (χ0) is 23.4. The minimum absolute atomic E-state index is 0.0357. The number of hydrogen-bond donors (Lipinski definition) is 0. The lowest BCUT2D eigenvalue weighted by molar-refractivity contribution is -0.135. The van der Waals surface area contributed by atoms with Gasteiger partial charge in [0, 0.05) is 60.3 Å². The van der Waals surface area contributed by atoms with Crippen molar-refractivity contribution in [2.45, 2.75) is 62.5 Å². The van der Waals surface area contributed by atoms with E-state index in [1.54, 1.807) is 17.8 Å². The average molecular weight is 513 g/mol. The Morgan fingerprint density at radius 2 is 2.06 bits per heavy atom. The lowest BCUT2D eigenvalue weighted by Crippen LogP contribution is -2.47. The molecule has 1 aromatic heterocycles. The molecule has 0 spiro atoms. The summed E-state index contributed by atoms with van der Waals surface area (Å²) in [6, 6.07) is 5.12. The maximum Gasteiger partial charge on any atom is 0.263 e. The first-order valence-corrected chi connectivity index (χ1v) is 13.8. The van der Waals surface area contributed by atoms with Gasteiger partial charge in [0.05, 0.1) is 0 Å². The second-order valence-electron chi connectivity index (χ2n) is 8.72. The van der Waals surface area contributed by atoms with Crippen LogP contribution in [0.15, 0.2) is 23.1 Å². The fourth-order valence-electron chi connectivity index (χ4n) is 4.17. The molecule has 4 rings (SSSR count). The Kier molecular flexibility index (Phi) is 8.35. The largest absolute Gasteiger partial charge is 0.477 e. The minimum atomic E-state index is -0.621. The Balaban J connectivity index is 1.29. The Hall–Kier alpha value is -1.58. The minimum Gasteiger partial charge on any atom is -0.477 e. The molecule has 2 aliphatic heterocycles. The van der Waals surface area contributed by atoms with Crippen molar-refractivity contribution in [1.29, 1.82) is 0 Å². The molecule has 180 valence electrons. The predicted molar refractivity (Wildman–Crippen MR) is 132 cm³/mol. The zero-order valence-corrected chi connectivity index (χ0v) is 21.4. The molecule has 1 aromatic carbocycles. The summed E-state index contributed by atoms with van der Waals surface area (Å²) in [5.74, 6) is 2.33. The number of ether oxygens (including phenoxy) is 1. The van der Waals surface area contributed by atoms with E-state index in [1.807, 2.05) is 11.0 Å². The highest BCUT2D eigenvalue weighted by Gasteiger charge is 2.39. The van der Waals surface area contributed by atoms with Gasteiger partial charge in [-0.15, -0.1) is 23.4 Å². The molecule has 2 fully saturated rings. The fraction of sp³-hybridized carbons (Fsp3) is 0.609. The van der Waals surface area contributed by atoms with E-state index in [1.165, 1.54) is 17.6 Å². The standard InChI is InChI=1S/C23H30ClFN4O2S2/c1-15(2)21-26-23(33-27-21)28-10-6-16(7-11-28)29-12-8-20(22(29)30)31-19-5-4-17(14-18(19)25)32-13-3-9-24/h4-5,14-16,20H,3,6-13H2,1-2H3. The van der Waals surface area contributed by atoms with Gasteiger partial charge in [0.2, 0.25) is 5.13 Å². The second kappa shape index (κ2) is 11.2. The lowest BCUT2D eigenvalue weighted by atomic mass is 10.0. The van der Waals surface area contributed by atoms with Crippen LogP contribution < -0.4 is 9.64 Å². The van der Waals surface area contributed by atoms with Crippen LogP contribution in [0.25, 0.3) is 0 Å². The fourth-order valence-corrected chi connectivity index (χ4v) is 6.20. The van der Waals surface area contributed by atoms with Gasteiger partial charge in [0.1, 0.15) is 5.82 Å². The molecule has 2 aliphatic rings. The molecular formula is C23H30ClFN4O2S2. The summed E-state index contributed by atoms with van der Waals surface area (Å²) < 4.78 is 24.8. The topological polar surface area (TPSA) is 58.6 Å². The summed E-state index contributed by atoms with van der Waals surface area (Å²) >= 11 is 8.71. The average Bonchev–Trinajstić information content (AvgIpc) is 3.44. The number of nitrogens with zero attached hydrogens (tertiary/aromatic N) is 4. The summed E-state index contributed by atoms with van der Waals surface area (Å²) in [7, 11) is 0. The normalized spacial score (nSPS) is 19.7. The molecular weight excluding hydrogens is 483 g/mol. The van der Waals surface area contributed by atoms with Gasteiger partial charge < -0.3 is 14.5 Å². The number of halogens is 2. The van der Waals surface area contributed by atoms with Gasteiger partial charge in [-0.3, -0.25) is 4.79 Å². The van der Waals surface area contributed by atoms with Crippen LogP contribution in [-0.2, 0) is 4.79 Å². The molecule has 0 N–H and O–H groups in total. The van der Waals surface area contributed by atoms with E-state index in [0.717, 1.165) is 54.0 Å². The zero-order valence-electron chi connectivity index (χ0n) is 19.0. The summed E-state index contributed by atoms with van der Waals surface area (Å²) in [6.45, 7) is 6.54. The molecule has 33 heavy (non-hydrogen) atoms. The molecule has 0 aliphatic carbocycles. The molecule has 1 amide bonds. The first kappa shape index (κ1) is 24.5. The van der Waals surface area contributed by atoms with Crippen LogP contribution in [0.4, 0.5) is 9.52 Å². The van der Waals surface area contributed by atoms with Crippen molar-refractivity contribution in [3.8, 4) is 5.75 Å². The van der Waals surface area contributed by atoms with Crippen molar-refractivity contribution >= 4 is 45.9 Å². The number of hydrogen-bond acceptors (Lipinski definition) is 7. The van der Waals surface area contributed by atoms with Gasteiger partial charge in [0.25, 0.3) is 5.91 Å². The molecule has 10 heteroatoms. The number of aromatic nitrogens is 2. The molecule has 6 nitrogen and oxygen atoms in total. The highest BCUT2D eigenvalue weighted by Crippen LogP contribution is 2.31. The van der Waals surface area contributed by atoms with E-state index < -0.39 is 11.9 Å². The maximum atomic E-state index is 14.5. The number of rotatable bonds is 9. The third kappa shape index (κ3) is 5.92. The summed E-state index contributed by atoms with van der Waals surface area (Å²) in [5.41, 5.74) is 0. The van der Waals surface area contributed by atoms with Crippen molar-refractivity contribution in [1.82, 2.24) is 14.3 Å². The van der Waals surface area contributed by atoms with Gasteiger partial charge >= 0.3 is 0 Å². The Bertz CT molecular complexity index is 952. The van der Waals surface area contributed by atoms with Gasteiger partial charge in [0.15, 0.2) is 17.7 Å². The highest BCUT2D eigenvalue weighted by molar-refractivity contribution is 7.99. The summed E-state index contributed by atoms with van der Waals surface area (Å²) in [5, 5.41) is 0.964. The third-order valence-corrected chi connectivity index (χ3v) is 8.17. The lowest BCUT2D eigenvalue weighted by Gasteiger charge is -2.36. The maximum absolute atomic E-state index is 14.5. The van der Waals surface area contributed by atoms with Crippen LogP contribution in [0.3, 0.4) is 0 Å². The van der Waals surface area contributed by atoms with E-state index in [0.29, 0.717) is 24.8 Å². The van der Waals surface area contributed by atoms with Crippen LogP contribution >= 0.6 is 34.9 Å². The van der Waals surface area contributed by atoms with E-state index in [9.17, 15) is 9.18 Å². The summed E-state index contributed by atoms with van der Waals surface area (Å²) in [4.78, 5) is 22.7. The van der Waals surface area contributed by atoms with Crippen LogP contribution in [0.5, 0.6) is 5.75 Å². The first-order valence-electron chi connectivity index (χ1n) is 11.5.